The van der Waals surface area contributed by atoms with E-state index in [4.69, 9.17) is 9.26 Å². The molecule has 3 aromatic rings. The summed E-state index contributed by atoms with van der Waals surface area (Å²) < 4.78 is 40.9. The summed E-state index contributed by atoms with van der Waals surface area (Å²) in [6.45, 7) is 8.24. The third-order valence-electron chi connectivity index (χ3n) is 6.96. The number of hydrogen-bond acceptors (Lipinski definition) is 8. The highest BCUT2D eigenvalue weighted by Crippen LogP contribution is 2.36. The van der Waals surface area contributed by atoms with Gasteiger partial charge in [-0.3, -0.25) is 14.4 Å². The van der Waals surface area contributed by atoms with Crippen molar-refractivity contribution in [1.82, 2.24) is 15.0 Å². The monoisotopic (exact) mass is 556 g/mol. The minimum atomic E-state index is -4.09. The second kappa shape index (κ2) is 11.8. The molecule has 210 valence electrons. The van der Waals surface area contributed by atoms with Crippen LogP contribution in [0.5, 0.6) is 5.75 Å². The summed E-state index contributed by atoms with van der Waals surface area (Å²) in [5.74, 6) is -0.153. The van der Waals surface area contributed by atoms with Crippen LogP contribution in [0.2, 0.25) is 0 Å². The summed E-state index contributed by atoms with van der Waals surface area (Å²) in [5, 5.41) is 13.7. The van der Waals surface area contributed by atoms with E-state index in [1.807, 2.05) is 32.2 Å². The van der Waals surface area contributed by atoms with Crippen molar-refractivity contribution in [2.75, 3.05) is 31.5 Å². The van der Waals surface area contributed by atoms with Gasteiger partial charge < -0.3 is 19.3 Å². The van der Waals surface area contributed by atoms with E-state index >= 15 is 0 Å². The molecule has 2 N–H and O–H groups in total. The highest BCUT2D eigenvalue weighted by atomic mass is 32.2. The van der Waals surface area contributed by atoms with Crippen LogP contribution in [0.4, 0.5) is 5.69 Å². The molecule has 2 aromatic carbocycles. The molecule has 0 aliphatic carbocycles. The number of aliphatic hydroxyl groups excluding tert-OH is 1. The fraction of sp³-hybridized carbons (Fsp3) is 0.429. The lowest BCUT2D eigenvalue weighted by Crippen LogP contribution is -2.49. The molecule has 0 unspecified atom stereocenters. The number of likely N-dealkylation sites (N-methyl/N-ethyl adjacent to an activating group) is 1. The molecule has 2 heterocycles. The number of carbonyl (C=O) groups excluding carboxylic acids is 1. The Kier molecular flexibility index (Phi) is 8.63. The third-order valence-corrected chi connectivity index (χ3v) is 8.57. The van der Waals surface area contributed by atoms with Crippen LogP contribution in [0.15, 0.2) is 57.9 Å². The number of para-hydroxylation sites is 1. The molecule has 4 rings (SSSR count). The SMILES string of the molecule is Cc1noc(C)c1S(=O)(=O)Nc1cccc2c1O[C@H](CN(C)Cc1ccccc1)[C@H](C)CN([C@H](C)CO)C2=O. The molecule has 10 nitrogen and oxygen atoms in total. The van der Waals surface area contributed by atoms with Gasteiger partial charge in [0.1, 0.15) is 11.8 Å². The Morgan fingerprint density at radius 2 is 1.90 bits per heavy atom. The van der Waals surface area contributed by atoms with E-state index in [-0.39, 0.29) is 57.9 Å². The van der Waals surface area contributed by atoms with Crippen LogP contribution in [0.25, 0.3) is 0 Å². The molecule has 0 fully saturated rings. The Bertz CT molecular complexity index is 1390. The number of aliphatic hydroxyl groups is 1. The maximum absolute atomic E-state index is 13.7. The van der Waals surface area contributed by atoms with Gasteiger partial charge in [-0.1, -0.05) is 48.5 Å². The first kappa shape index (κ1) is 28.6. The van der Waals surface area contributed by atoms with E-state index in [1.54, 1.807) is 36.9 Å². The summed E-state index contributed by atoms with van der Waals surface area (Å²) >= 11 is 0. The van der Waals surface area contributed by atoms with Crippen molar-refractivity contribution in [2.24, 2.45) is 5.92 Å². The van der Waals surface area contributed by atoms with E-state index < -0.39 is 16.1 Å². The van der Waals surface area contributed by atoms with Gasteiger partial charge in [-0.15, -0.1) is 0 Å². The Hall–Kier alpha value is -3.41. The number of hydrogen-bond donors (Lipinski definition) is 2. The summed E-state index contributed by atoms with van der Waals surface area (Å²) in [6, 6.07) is 14.4. The van der Waals surface area contributed by atoms with Gasteiger partial charge >= 0.3 is 0 Å². The predicted octanol–water partition coefficient (Wildman–Crippen LogP) is 3.44. The number of rotatable bonds is 9. The molecule has 11 heteroatoms. The predicted molar refractivity (Wildman–Crippen MR) is 147 cm³/mol. The van der Waals surface area contributed by atoms with Crippen LogP contribution in [0, 0.1) is 19.8 Å². The lowest BCUT2D eigenvalue weighted by molar-refractivity contribution is 0.0344. The molecular formula is C28H36N4O6S. The van der Waals surface area contributed by atoms with Crippen LogP contribution >= 0.6 is 0 Å². The summed E-state index contributed by atoms with van der Waals surface area (Å²) in [7, 11) is -2.10. The lowest BCUT2D eigenvalue weighted by Gasteiger charge is -2.38. The average Bonchev–Trinajstić information content (AvgIpc) is 3.25. The summed E-state index contributed by atoms with van der Waals surface area (Å²) in [6.07, 6.45) is -0.385. The highest BCUT2D eigenvalue weighted by molar-refractivity contribution is 7.92. The Balaban J connectivity index is 1.73. The van der Waals surface area contributed by atoms with Crippen molar-refractivity contribution < 1.29 is 27.6 Å². The van der Waals surface area contributed by atoms with Crippen LogP contribution in [0.1, 0.15) is 41.2 Å². The van der Waals surface area contributed by atoms with Crippen LogP contribution in [-0.4, -0.2) is 73.3 Å². The normalized spacial score (nSPS) is 18.7. The first-order valence-electron chi connectivity index (χ1n) is 12.9. The summed E-state index contributed by atoms with van der Waals surface area (Å²) in [5.41, 5.74) is 1.74. The van der Waals surface area contributed by atoms with E-state index in [1.165, 1.54) is 6.92 Å². The molecule has 39 heavy (non-hydrogen) atoms. The van der Waals surface area contributed by atoms with Crippen LogP contribution < -0.4 is 9.46 Å². The molecule has 1 amide bonds. The molecule has 3 atom stereocenters. The second-order valence-corrected chi connectivity index (χ2v) is 11.9. The number of aromatic nitrogens is 1. The van der Waals surface area contributed by atoms with Gasteiger partial charge in [0.05, 0.1) is 23.9 Å². The van der Waals surface area contributed by atoms with Gasteiger partial charge in [0.15, 0.2) is 16.4 Å². The van der Waals surface area contributed by atoms with Crippen molar-refractivity contribution in [1.29, 1.82) is 0 Å². The average molecular weight is 557 g/mol. The maximum Gasteiger partial charge on any atom is 0.267 e. The number of amides is 1. The fourth-order valence-corrected chi connectivity index (χ4v) is 6.26. The van der Waals surface area contributed by atoms with Crippen LogP contribution in [-0.2, 0) is 16.6 Å². The van der Waals surface area contributed by atoms with Crippen molar-refractivity contribution in [3.05, 3.63) is 71.1 Å². The molecule has 0 spiro atoms. The van der Waals surface area contributed by atoms with E-state index in [0.29, 0.717) is 19.6 Å². The number of fused-ring (bicyclic) bond motifs is 1. The summed E-state index contributed by atoms with van der Waals surface area (Å²) in [4.78, 5) is 17.4. The van der Waals surface area contributed by atoms with Gasteiger partial charge in [0, 0.05) is 25.6 Å². The number of sulfonamides is 1. The first-order chi connectivity index (χ1) is 18.5. The van der Waals surface area contributed by atoms with Crippen molar-refractivity contribution in [3.8, 4) is 5.75 Å². The number of nitrogens with one attached hydrogen (secondary N) is 1. The molecule has 1 aliphatic rings. The topological polar surface area (TPSA) is 125 Å². The van der Waals surface area contributed by atoms with E-state index in [2.05, 4.69) is 26.9 Å². The number of benzene rings is 2. The van der Waals surface area contributed by atoms with Gasteiger partial charge in [0.25, 0.3) is 15.9 Å². The van der Waals surface area contributed by atoms with Gasteiger partial charge in [-0.05, 0) is 45.5 Å². The van der Waals surface area contributed by atoms with Crippen molar-refractivity contribution >= 4 is 21.6 Å². The molecule has 0 bridgehead atoms. The fourth-order valence-electron chi connectivity index (χ4n) is 4.86. The van der Waals surface area contributed by atoms with Gasteiger partial charge in [-0.25, -0.2) is 8.42 Å². The Labute approximate surface area is 229 Å². The van der Waals surface area contributed by atoms with Gasteiger partial charge in [0.2, 0.25) is 0 Å². The maximum atomic E-state index is 13.7. The Morgan fingerprint density at radius 1 is 1.18 bits per heavy atom. The van der Waals surface area contributed by atoms with Crippen molar-refractivity contribution in [2.45, 2.75) is 51.3 Å². The number of nitrogens with zero attached hydrogens (tertiary/aromatic N) is 3. The molecule has 0 radical (unpaired) electrons. The zero-order valence-electron chi connectivity index (χ0n) is 22.9. The minimum Gasteiger partial charge on any atom is -0.486 e. The zero-order valence-corrected chi connectivity index (χ0v) is 23.7. The largest absolute Gasteiger partial charge is 0.486 e. The Morgan fingerprint density at radius 3 is 2.54 bits per heavy atom. The lowest BCUT2D eigenvalue weighted by atomic mass is 9.99. The molecular weight excluding hydrogens is 520 g/mol. The standard InChI is InChI=1S/C28H36N4O6S/c1-18-14-32(19(2)17-33)28(34)23-12-9-13-24(30-39(35,36)27-20(3)29-38-21(27)4)26(23)37-25(18)16-31(5)15-22-10-7-6-8-11-22/h6-13,18-19,25,30,33H,14-17H2,1-5H3/t18-,19-,25-/m1/s1. The van der Waals surface area contributed by atoms with E-state index in [0.717, 1.165) is 5.56 Å². The number of carbonyl (C=O) groups is 1. The zero-order chi connectivity index (χ0) is 28.3. The highest BCUT2D eigenvalue weighted by Gasteiger charge is 2.35. The van der Waals surface area contributed by atoms with Crippen molar-refractivity contribution in [3.63, 3.8) is 0 Å². The number of ether oxygens (including phenoxy) is 1. The van der Waals surface area contributed by atoms with E-state index in [9.17, 15) is 18.3 Å². The van der Waals surface area contributed by atoms with Gasteiger partial charge in [-0.2, -0.15) is 0 Å². The quantitative estimate of drug-likeness (QED) is 0.411. The number of anilines is 1. The molecule has 0 saturated carbocycles. The minimum absolute atomic E-state index is 0.0553. The second-order valence-electron chi connectivity index (χ2n) is 10.2. The first-order valence-corrected chi connectivity index (χ1v) is 14.4. The number of aryl methyl sites for hydroxylation is 2. The smallest absolute Gasteiger partial charge is 0.267 e. The third kappa shape index (κ3) is 6.26. The molecule has 0 saturated heterocycles. The molecule has 1 aromatic heterocycles. The molecule has 1 aliphatic heterocycles. The van der Waals surface area contributed by atoms with Crippen LogP contribution in [0.3, 0.4) is 0 Å².